The number of rotatable bonds is 8. The van der Waals surface area contributed by atoms with Gasteiger partial charge in [0.25, 0.3) is 0 Å². The molecule has 190 valence electrons. The summed E-state index contributed by atoms with van der Waals surface area (Å²) in [5, 5.41) is 7.62. The van der Waals surface area contributed by atoms with Crippen molar-refractivity contribution in [2.45, 2.75) is 50.5 Å². The van der Waals surface area contributed by atoms with Crippen LogP contribution in [-0.2, 0) is 0 Å². The van der Waals surface area contributed by atoms with Gasteiger partial charge in [0.1, 0.15) is 0 Å². The van der Waals surface area contributed by atoms with Crippen molar-refractivity contribution in [2.24, 2.45) is 0 Å². The molecule has 0 bridgehead atoms. The number of carbonyl (C=O) groups excluding carboxylic acids is 1. The van der Waals surface area contributed by atoms with E-state index in [1.54, 1.807) is 24.3 Å². The van der Waals surface area contributed by atoms with Gasteiger partial charge in [0.05, 0.1) is 10.0 Å². The molecule has 0 saturated carbocycles. The average Bonchev–Trinajstić information content (AvgIpc) is 2.88. The van der Waals surface area contributed by atoms with E-state index < -0.39 is 0 Å². The quantitative estimate of drug-likeness (QED) is 0.385. The Balaban J connectivity index is 1.31. The number of nitrogens with one attached hydrogen (secondary N) is 2. The maximum absolute atomic E-state index is 12.5. The molecule has 1 atom stereocenters. The summed E-state index contributed by atoms with van der Waals surface area (Å²) in [5.74, 6) is 0.139. The van der Waals surface area contributed by atoms with Gasteiger partial charge in [0, 0.05) is 29.2 Å². The maximum atomic E-state index is 12.5. The van der Waals surface area contributed by atoms with Crippen LogP contribution in [0.2, 0.25) is 15.1 Å². The number of urea groups is 1. The molecule has 35 heavy (non-hydrogen) atoms. The fraction of sp³-hybridized carbons (Fsp3) is 0.519. The number of nitrogens with zero attached hydrogens (tertiary/aromatic N) is 2. The van der Waals surface area contributed by atoms with E-state index in [1.807, 2.05) is 18.2 Å². The minimum Gasteiger partial charge on any atom is -0.337 e. The van der Waals surface area contributed by atoms with Gasteiger partial charge in [-0.05, 0) is 107 Å². The Morgan fingerprint density at radius 2 is 1.63 bits per heavy atom. The van der Waals surface area contributed by atoms with Crippen molar-refractivity contribution in [3.8, 4) is 0 Å². The van der Waals surface area contributed by atoms with Gasteiger partial charge in [-0.25, -0.2) is 4.79 Å². The van der Waals surface area contributed by atoms with E-state index in [9.17, 15) is 4.79 Å². The van der Waals surface area contributed by atoms with E-state index >= 15 is 0 Å². The molecular weight excluding hydrogens is 503 g/mol. The zero-order valence-corrected chi connectivity index (χ0v) is 22.4. The Morgan fingerprint density at radius 3 is 2.31 bits per heavy atom. The molecule has 2 aromatic rings. The first-order valence-corrected chi connectivity index (χ1v) is 13.8. The number of hydrogen-bond donors (Lipinski definition) is 2. The van der Waals surface area contributed by atoms with Gasteiger partial charge < -0.3 is 20.4 Å². The molecule has 8 heteroatoms. The Kier molecular flexibility index (Phi) is 9.99. The van der Waals surface area contributed by atoms with Crippen molar-refractivity contribution in [3.63, 3.8) is 0 Å². The van der Waals surface area contributed by atoms with E-state index in [0.717, 1.165) is 37.7 Å². The molecule has 0 spiro atoms. The van der Waals surface area contributed by atoms with Crippen LogP contribution in [0.3, 0.4) is 0 Å². The van der Waals surface area contributed by atoms with Gasteiger partial charge >= 0.3 is 6.03 Å². The summed E-state index contributed by atoms with van der Waals surface area (Å²) in [6.45, 7) is 6.33. The molecule has 2 aromatic carbocycles. The standard InChI is InChI=1S/C27H35Cl3N4O/c28-22-5-7-23(8-6-22)32-27(35)31-19-21(20-4-9-25(29)26(30)18-20)10-15-33-16-11-24(12-17-33)34-13-2-1-3-14-34/h4-9,18,21,24H,1-3,10-17,19H2,(H2,31,32,35). The highest BCUT2D eigenvalue weighted by Gasteiger charge is 2.26. The zero-order chi connectivity index (χ0) is 24.6. The Morgan fingerprint density at radius 1 is 0.914 bits per heavy atom. The first-order valence-electron chi connectivity index (χ1n) is 12.7. The maximum Gasteiger partial charge on any atom is 0.319 e. The van der Waals surface area contributed by atoms with Gasteiger partial charge in [-0.3, -0.25) is 0 Å². The van der Waals surface area contributed by atoms with Crippen molar-refractivity contribution in [1.82, 2.24) is 15.1 Å². The summed E-state index contributed by atoms with van der Waals surface area (Å²) in [5.41, 5.74) is 1.80. The SMILES string of the molecule is O=C(NCC(CCN1CCC(N2CCCCC2)CC1)c1ccc(Cl)c(Cl)c1)Nc1ccc(Cl)cc1. The van der Waals surface area contributed by atoms with Crippen molar-refractivity contribution in [1.29, 1.82) is 0 Å². The van der Waals surface area contributed by atoms with Gasteiger partial charge in [0.2, 0.25) is 0 Å². The number of benzene rings is 2. The highest BCUT2D eigenvalue weighted by Crippen LogP contribution is 2.29. The van der Waals surface area contributed by atoms with Crippen LogP contribution in [-0.4, -0.2) is 61.1 Å². The summed E-state index contributed by atoms with van der Waals surface area (Å²) in [6.07, 6.45) is 7.53. The lowest BCUT2D eigenvalue weighted by Gasteiger charge is -2.40. The zero-order valence-electron chi connectivity index (χ0n) is 20.1. The van der Waals surface area contributed by atoms with Crippen LogP contribution >= 0.6 is 34.8 Å². The third kappa shape index (κ3) is 7.99. The third-order valence-corrected chi connectivity index (χ3v) is 8.28. The lowest BCUT2D eigenvalue weighted by Crippen LogP contribution is -2.47. The predicted octanol–water partition coefficient (Wildman–Crippen LogP) is 6.89. The number of halogens is 3. The van der Waals surface area contributed by atoms with E-state index in [-0.39, 0.29) is 11.9 Å². The number of anilines is 1. The molecule has 0 aromatic heterocycles. The summed E-state index contributed by atoms with van der Waals surface area (Å²) < 4.78 is 0. The first kappa shape index (κ1) is 26.6. The topological polar surface area (TPSA) is 47.6 Å². The van der Waals surface area contributed by atoms with Gasteiger partial charge in [0.15, 0.2) is 0 Å². The highest BCUT2D eigenvalue weighted by atomic mass is 35.5. The van der Waals surface area contributed by atoms with E-state index in [2.05, 4.69) is 20.4 Å². The van der Waals surface area contributed by atoms with Gasteiger partial charge in [-0.15, -0.1) is 0 Å². The second-order valence-corrected chi connectivity index (χ2v) is 10.9. The summed E-state index contributed by atoms with van der Waals surface area (Å²) in [7, 11) is 0. The molecule has 1 unspecified atom stereocenters. The largest absolute Gasteiger partial charge is 0.337 e. The van der Waals surface area contributed by atoms with Crippen LogP contribution in [0.25, 0.3) is 0 Å². The smallest absolute Gasteiger partial charge is 0.319 e. The van der Waals surface area contributed by atoms with Crippen LogP contribution in [0.4, 0.5) is 10.5 Å². The van der Waals surface area contributed by atoms with Gasteiger partial charge in [-0.2, -0.15) is 0 Å². The normalized spacial score (nSPS) is 18.8. The predicted molar refractivity (Wildman–Crippen MR) is 147 cm³/mol. The van der Waals surface area contributed by atoms with E-state index in [4.69, 9.17) is 34.8 Å². The first-order chi connectivity index (χ1) is 17.0. The number of hydrogen-bond acceptors (Lipinski definition) is 3. The van der Waals surface area contributed by atoms with Crippen LogP contribution in [0.15, 0.2) is 42.5 Å². The lowest BCUT2D eigenvalue weighted by atomic mass is 9.94. The fourth-order valence-electron chi connectivity index (χ4n) is 5.21. The minimum absolute atomic E-state index is 0.139. The fourth-order valence-corrected chi connectivity index (χ4v) is 5.64. The Bertz CT molecular complexity index is 957. The molecular formula is C27H35Cl3N4O. The molecule has 2 aliphatic rings. The van der Waals surface area contributed by atoms with Crippen LogP contribution in [0.5, 0.6) is 0 Å². The van der Waals surface area contributed by atoms with E-state index in [1.165, 1.54) is 45.2 Å². The molecule has 4 rings (SSSR count). The molecule has 0 aliphatic carbocycles. The molecule has 5 nitrogen and oxygen atoms in total. The van der Waals surface area contributed by atoms with Crippen LogP contribution < -0.4 is 10.6 Å². The number of likely N-dealkylation sites (tertiary alicyclic amines) is 2. The summed E-state index contributed by atoms with van der Waals surface area (Å²) in [6, 6.07) is 13.4. The van der Waals surface area contributed by atoms with Crippen molar-refractivity contribution < 1.29 is 4.79 Å². The molecule has 0 radical (unpaired) electrons. The second-order valence-electron chi connectivity index (χ2n) is 9.67. The van der Waals surface area contributed by atoms with Crippen molar-refractivity contribution in [2.75, 3.05) is 44.6 Å². The van der Waals surface area contributed by atoms with E-state index in [0.29, 0.717) is 27.3 Å². The third-order valence-electron chi connectivity index (χ3n) is 7.28. The molecule has 2 heterocycles. The van der Waals surface area contributed by atoms with Crippen molar-refractivity contribution in [3.05, 3.63) is 63.1 Å². The number of piperidine rings is 2. The summed E-state index contributed by atoms with van der Waals surface area (Å²) >= 11 is 18.4. The molecule has 2 N–H and O–H groups in total. The average molecular weight is 538 g/mol. The number of amides is 2. The minimum atomic E-state index is -0.236. The molecule has 2 fully saturated rings. The molecule has 2 saturated heterocycles. The monoisotopic (exact) mass is 536 g/mol. The second kappa shape index (κ2) is 13.2. The number of carbonyl (C=O) groups is 1. The molecule has 2 aliphatic heterocycles. The van der Waals surface area contributed by atoms with Crippen molar-refractivity contribution >= 4 is 46.5 Å². The Hall–Kier alpha value is -1.50. The molecule has 2 amide bonds. The highest BCUT2D eigenvalue weighted by molar-refractivity contribution is 6.42. The van der Waals surface area contributed by atoms with Crippen LogP contribution in [0, 0.1) is 0 Å². The Labute approximate surface area is 224 Å². The van der Waals surface area contributed by atoms with Gasteiger partial charge in [-0.1, -0.05) is 47.3 Å². The summed E-state index contributed by atoms with van der Waals surface area (Å²) in [4.78, 5) is 17.8. The lowest BCUT2D eigenvalue weighted by molar-refractivity contribution is 0.0912. The van der Waals surface area contributed by atoms with Crippen LogP contribution in [0.1, 0.15) is 50.0 Å².